The van der Waals surface area contributed by atoms with Crippen LogP contribution in [0.5, 0.6) is 0 Å². The Morgan fingerprint density at radius 3 is 2.60 bits per heavy atom. The Labute approximate surface area is 213 Å². The van der Waals surface area contributed by atoms with Crippen LogP contribution in [0.3, 0.4) is 0 Å². The number of aromatic nitrogens is 1. The van der Waals surface area contributed by atoms with E-state index in [2.05, 4.69) is 42.0 Å². The first-order chi connectivity index (χ1) is 16.7. The van der Waals surface area contributed by atoms with Crippen molar-refractivity contribution in [2.45, 2.75) is 32.1 Å². The number of nitrogens with one attached hydrogen (secondary N) is 1. The molecule has 0 spiro atoms. The minimum atomic E-state index is -0.270. The van der Waals surface area contributed by atoms with Gasteiger partial charge >= 0.3 is 0 Å². The molecule has 35 heavy (non-hydrogen) atoms. The lowest BCUT2D eigenvalue weighted by molar-refractivity contribution is -0.111. The fourth-order valence-electron chi connectivity index (χ4n) is 3.75. The zero-order valence-electron chi connectivity index (χ0n) is 20.9. The molecule has 3 aromatic rings. The zero-order valence-corrected chi connectivity index (χ0v) is 21.8. The summed E-state index contributed by atoms with van der Waals surface area (Å²) in [7, 11) is 3.90. The van der Waals surface area contributed by atoms with Crippen LogP contribution < -0.4 is 5.32 Å². The number of pyridine rings is 1. The normalized spacial score (nSPS) is 11.9. The van der Waals surface area contributed by atoms with Crippen molar-refractivity contribution in [2.24, 2.45) is 0 Å². The Kier molecular flexibility index (Phi) is 9.01. The molecule has 0 atom stereocenters. The molecule has 0 aliphatic carbocycles. The van der Waals surface area contributed by atoms with Gasteiger partial charge < -0.3 is 10.2 Å². The fraction of sp³-hybridized carbons (Fsp3) is 0.241. The smallest absolute Gasteiger partial charge is 0.248 e. The summed E-state index contributed by atoms with van der Waals surface area (Å²) < 4.78 is 14.1. The average Bonchev–Trinajstić information content (AvgIpc) is 2.80. The van der Waals surface area contributed by atoms with Crippen molar-refractivity contribution >= 4 is 29.8 Å². The van der Waals surface area contributed by atoms with Gasteiger partial charge in [-0.1, -0.05) is 31.2 Å². The second kappa shape index (κ2) is 12.0. The highest BCUT2D eigenvalue weighted by molar-refractivity contribution is 7.80. The molecular weight excluding hydrogens is 457 g/mol. The first-order valence-electron chi connectivity index (χ1n) is 11.6. The maximum absolute atomic E-state index is 14.1. The monoisotopic (exact) mass is 489 g/mol. The lowest BCUT2D eigenvalue weighted by Gasteiger charge is -2.16. The number of benzene rings is 2. The second-order valence-corrected chi connectivity index (χ2v) is 9.22. The summed E-state index contributed by atoms with van der Waals surface area (Å²) in [5.41, 5.74) is 6.83. The highest BCUT2D eigenvalue weighted by atomic mass is 32.1. The summed E-state index contributed by atoms with van der Waals surface area (Å²) in [4.78, 5) is 19.5. The van der Waals surface area contributed by atoms with Gasteiger partial charge in [0.05, 0.1) is 0 Å². The molecule has 0 saturated carbocycles. The van der Waals surface area contributed by atoms with Gasteiger partial charge in [0.15, 0.2) is 0 Å². The molecule has 1 N–H and O–H groups in total. The fourth-order valence-corrected chi connectivity index (χ4v) is 4.05. The summed E-state index contributed by atoms with van der Waals surface area (Å²) >= 11 is 4.56. The molecular formula is C29H32FN3OS. The van der Waals surface area contributed by atoms with Crippen LogP contribution in [-0.2, 0) is 4.79 Å². The summed E-state index contributed by atoms with van der Waals surface area (Å²) in [6, 6.07) is 13.1. The highest BCUT2D eigenvalue weighted by Gasteiger charge is 2.15. The van der Waals surface area contributed by atoms with Gasteiger partial charge in [0, 0.05) is 46.2 Å². The molecule has 1 aromatic heterocycles. The number of hydrogen-bond donors (Lipinski definition) is 2. The molecule has 0 saturated heterocycles. The molecule has 0 unspecified atom stereocenters. The minimum absolute atomic E-state index is 0.173. The largest absolute Gasteiger partial charge is 0.323 e. The van der Waals surface area contributed by atoms with Gasteiger partial charge in [-0.05, 0) is 87.0 Å². The van der Waals surface area contributed by atoms with E-state index in [0.717, 1.165) is 39.9 Å². The lowest BCUT2D eigenvalue weighted by Crippen LogP contribution is -2.12. The number of nitrogens with zero attached hydrogens (tertiary/aromatic N) is 2. The van der Waals surface area contributed by atoms with E-state index in [1.165, 1.54) is 6.07 Å². The predicted octanol–water partition coefficient (Wildman–Crippen LogP) is 6.69. The van der Waals surface area contributed by atoms with Crippen LogP contribution in [0.4, 0.5) is 10.1 Å². The Morgan fingerprint density at radius 1 is 1.11 bits per heavy atom. The van der Waals surface area contributed by atoms with Crippen molar-refractivity contribution in [3.05, 3.63) is 95.1 Å². The van der Waals surface area contributed by atoms with Gasteiger partial charge in [-0.15, -0.1) is 12.6 Å². The van der Waals surface area contributed by atoms with Crippen molar-refractivity contribution < 1.29 is 9.18 Å². The van der Waals surface area contributed by atoms with Gasteiger partial charge in [0.1, 0.15) is 5.82 Å². The minimum Gasteiger partial charge on any atom is -0.323 e. The molecule has 0 radical (unpaired) electrons. The number of rotatable bonds is 8. The van der Waals surface area contributed by atoms with E-state index < -0.39 is 0 Å². The van der Waals surface area contributed by atoms with E-state index in [-0.39, 0.29) is 11.7 Å². The third-order valence-corrected chi connectivity index (χ3v) is 5.93. The summed E-state index contributed by atoms with van der Waals surface area (Å²) in [5.74, 6) is -0.443. The molecule has 3 rings (SSSR count). The number of halogens is 1. The number of aryl methyl sites for hydroxylation is 2. The number of thiol groups is 1. The van der Waals surface area contributed by atoms with Crippen molar-refractivity contribution in [1.29, 1.82) is 0 Å². The molecule has 6 heteroatoms. The second-order valence-electron chi connectivity index (χ2n) is 8.74. The molecule has 1 heterocycles. The van der Waals surface area contributed by atoms with Crippen molar-refractivity contribution in [3.63, 3.8) is 0 Å². The average molecular weight is 490 g/mol. The molecule has 0 aliphatic rings. The van der Waals surface area contributed by atoms with Crippen LogP contribution in [0, 0.1) is 19.7 Å². The summed E-state index contributed by atoms with van der Waals surface area (Å²) in [6.45, 7) is 6.49. The standard InChI is InChI=1S/C29H32FN3OS/c1-6-9-24(26-14-19(2)27(30)17-28(26)35)25-16-22(18-31-20(25)3)21-10-7-11-23(15-21)32-29(34)12-8-13-33(4)5/h7-12,14-18,35H,6,13H2,1-5H3,(H,32,34)/b12-8+,24-9+. The molecule has 4 nitrogen and oxygen atoms in total. The first-order valence-corrected chi connectivity index (χ1v) is 12.0. The Balaban J connectivity index is 1.97. The molecule has 182 valence electrons. The van der Waals surface area contributed by atoms with E-state index in [1.54, 1.807) is 13.0 Å². The molecule has 2 aromatic carbocycles. The first kappa shape index (κ1) is 26.4. The summed E-state index contributed by atoms with van der Waals surface area (Å²) in [6.07, 6.45) is 8.13. The number of anilines is 1. The van der Waals surface area contributed by atoms with E-state index in [9.17, 15) is 9.18 Å². The molecule has 0 aliphatic heterocycles. The molecule has 0 bridgehead atoms. The van der Waals surface area contributed by atoms with Crippen molar-refractivity contribution in [3.8, 4) is 11.1 Å². The van der Waals surface area contributed by atoms with E-state index in [4.69, 9.17) is 0 Å². The maximum Gasteiger partial charge on any atom is 0.248 e. The number of likely N-dealkylation sites (N-methyl/N-ethyl adjacent to an activating group) is 1. The maximum atomic E-state index is 14.1. The van der Waals surface area contributed by atoms with Gasteiger partial charge in [0.2, 0.25) is 5.91 Å². The summed E-state index contributed by atoms with van der Waals surface area (Å²) in [5, 5.41) is 2.92. The molecule has 1 amide bonds. The van der Waals surface area contributed by atoms with Crippen LogP contribution in [0.2, 0.25) is 0 Å². The quantitative estimate of drug-likeness (QED) is 0.274. The van der Waals surface area contributed by atoms with Gasteiger partial charge in [-0.3, -0.25) is 9.78 Å². The van der Waals surface area contributed by atoms with Crippen LogP contribution in [-0.4, -0.2) is 36.4 Å². The number of allylic oxidation sites excluding steroid dienone is 1. The number of carbonyl (C=O) groups is 1. The number of carbonyl (C=O) groups excluding carboxylic acids is 1. The highest BCUT2D eigenvalue weighted by Crippen LogP contribution is 2.34. The molecule has 0 fully saturated rings. The van der Waals surface area contributed by atoms with E-state index in [0.29, 0.717) is 22.7 Å². The van der Waals surface area contributed by atoms with Crippen molar-refractivity contribution in [2.75, 3.05) is 26.0 Å². The Hall–Kier alpha value is -3.22. The van der Waals surface area contributed by atoms with Crippen LogP contribution in [0.25, 0.3) is 16.7 Å². The predicted molar refractivity (Wildman–Crippen MR) is 146 cm³/mol. The van der Waals surface area contributed by atoms with E-state index in [1.807, 2.05) is 68.5 Å². The number of hydrogen-bond acceptors (Lipinski definition) is 4. The van der Waals surface area contributed by atoms with Crippen LogP contribution >= 0.6 is 12.6 Å². The van der Waals surface area contributed by atoms with E-state index >= 15 is 0 Å². The van der Waals surface area contributed by atoms with Crippen molar-refractivity contribution in [1.82, 2.24) is 9.88 Å². The number of amides is 1. The van der Waals surface area contributed by atoms with Crippen LogP contribution in [0.1, 0.15) is 35.7 Å². The van der Waals surface area contributed by atoms with Crippen LogP contribution in [0.15, 0.2) is 71.8 Å². The van der Waals surface area contributed by atoms with Gasteiger partial charge in [-0.2, -0.15) is 0 Å². The third kappa shape index (κ3) is 6.90. The third-order valence-electron chi connectivity index (χ3n) is 5.56. The Bertz CT molecular complexity index is 1280. The Morgan fingerprint density at radius 2 is 1.89 bits per heavy atom. The zero-order chi connectivity index (χ0) is 25.5. The SMILES string of the molecule is CC/C=C(/c1cc(C)c(F)cc1S)c1cc(-c2cccc(NC(=O)/C=C/CN(C)C)c2)cnc1C. The lowest BCUT2D eigenvalue weighted by atomic mass is 9.92. The van der Waals surface area contributed by atoms with Gasteiger partial charge in [-0.25, -0.2) is 4.39 Å². The van der Waals surface area contributed by atoms with Gasteiger partial charge in [0.25, 0.3) is 0 Å². The topological polar surface area (TPSA) is 45.2 Å².